The molecule has 0 bridgehead atoms. The number of aromatic hydroxyl groups is 1. The standard InChI is InChI=1S/C30H35F3N4O8/c1-35(2)17-11-15(28(44)37-7-5-13(6-8-37)30(31,32)33)22(38)19-14(17)9-12-10-16-21(36(3)4)24(40)20(27(34)43)26(42)29(16,45)25(41)18(12)23(19)39/h11-13,16,18,20-21,38,45H,5-10H2,1-4H3,(H2,34,43)/t12-,16-,18?,20?,21-,29-/m0/s1. The Morgan fingerprint density at radius 2 is 1.64 bits per heavy atom. The van der Waals surface area contributed by atoms with Crippen LogP contribution < -0.4 is 10.6 Å². The van der Waals surface area contributed by atoms with Crippen molar-refractivity contribution < 1.29 is 52.2 Å². The lowest BCUT2D eigenvalue weighted by atomic mass is 9.52. The van der Waals surface area contributed by atoms with Gasteiger partial charge in [0.05, 0.1) is 29.0 Å². The van der Waals surface area contributed by atoms with Crippen LogP contribution in [0.15, 0.2) is 6.07 Å². The smallest absolute Gasteiger partial charge is 0.391 e. The SMILES string of the molecule is CN(C)c1cc(C(=O)N2CCC(C(F)(F)F)CC2)c(O)c2c1C[C@H]1C[C@H]3[C@H](N(C)C)C(=O)C(C(N)=O)C(=O)[C@@]3(O)C(=O)C1C2=O. The predicted octanol–water partition coefficient (Wildman–Crippen LogP) is 0.348. The van der Waals surface area contributed by atoms with Crippen LogP contribution in [-0.4, -0.2) is 114 Å². The minimum absolute atomic E-state index is 0.00163. The van der Waals surface area contributed by atoms with Crippen LogP contribution in [0.5, 0.6) is 5.75 Å². The van der Waals surface area contributed by atoms with E-state index in [1.54, 1.807) is 19.0 Å². The monoisotopic (exact) mass is 636 g/mol. The van der Waals surface area contributed by atoms with E-state index in [0.29, 0.717) is 11.3 Å². The third-order valence-corrected chi connectivity index (χ3v) is 10.00. The fourth-order valence-electron chi connectivity index (χ4n) is 7.79. The van der Waals surface area contributed by atoms with E-state index >= 15 is 0 Å². The first-order chi connectivity index (χ1) is 20.8. The molecule has 0 radical (unpaired) electrons. The number of hydrogen-bond donors (Lipinski definition) is 3. The molecular weight excluding hydrogens is 601 g/mol. The summed E-state index contributed by atoms with van der Waals surface area (Å²) in [7, 11) is 6.23. The largest absolute Gasteiger partial charge is 0.506 e. The molecule has 5 rings (SSSR count). The van der Waals surface area contributed by atoms with Crippen LogP contribution in [0, 0.1) is 29.6 Å². The second kappa shape index (κ2) is 10.9. The van der Waals surface area contributed by atoms with Crippen molar-refractivity contribution in [3.8, 4) is 5.75 Å². The summed E-state index contributed by atoms with van der Waals surface area (Å²) in [6.45, 7) is -0.450. The molecule has 0 spiro atoms. The number of rotatable bonds is 4. The van der Waals surface area contributed by atoms with E-state index in [9.17, 15) is 52.2 Å². The van der Waals surface area contributed by atoms with Crippen molar-refractivity contribution in [1.82, 2.24) is 9.80 Å². The Hall–Kier alpha value is -3.85. The number of alkyl halides is 3. The van der Waals surface area contributed by atoms with Crippen molar-refractivity contribution in [2.75, 3.05) is 46.2 Å². The number of likely N-dealkylation sites (tertiary alicyclic amines) is 1. The Kier molecular flexibility index (Phi) is 7.88. The van der Waals surface area contributed by atoms with Crippen molar-refractivity contribution in [3.63, 3.8) is 0 Å². The van der Waals surface area contributed by atoms with Crippen LogP contribution in [0.25, 0.3) is 0 Å². The molecule has 2 amide bonds. The molecule has 1 aromatic carbocycles. The number of piperidine rings is 1. The molecule has 3 aliphatic carbocycles. The number of nitrogens with zero attached hydrogens (tertiary/aromatic N) is 3. The van der Waals surface area contributed by atoms with Gasteiger partial charge in [0.15, 0.2) is 34.7 Å². The number of amides is 2. The topological polar surface area (TPSA) is 179 Å². The number of Topliss-reactive ketones (excluding diaryl/α,β-unsaturated/α-hetero) is 4. The number of hydrogen-bond acceptors (Lipinski definition) is 10. The minimum atomic E-state index is -4.41. The van der Waals surface area contributed by atoms with E-state index < -0.39 is 88.1 Å². The maximum Gasteiger partial charge on any atom is 0.391 e. The molecule has 1 saturated heterocycles. The molecule has 2 saturated carbocycles. The van der Waals surface area contributed by atoms with Gasteiger partial charge in [-0.15, -0.1) is 0 Å². The third-order valence-electron chi connectivity index (χ3n) is 10.00. The number of carbonyl (C=O) groups is 6. The summed E-state index contributed by atoms with van der Waals surface area (Å²) in [5.74, 6) is -14.7. The Morgan fingerprint density at radius 3 is 2.16 bits per heavy atom. The fourth-order valence-corrected chi connectivity index (χ4v) is 7.79. The highest BCUT2D eigenvalue weighted by molar-refractivity contribution is 6.32. The Morgan fingerprint density at radius 1 is 1.04 bits per heavy atom. The van der Waals surface area contributed by atoms with E-state index in [4.69, 9.17) is 5.73 Å². The van der Waals surface area contributed by atoms with Crippen LogP contribution in [0.3, 0.4) is 0 Å². The highest BCUT2D eigenvalue weighted by Crippen LogP contribution is 2.52. The van der Waals surface area contributed by atoms with E-state index in [-0.39, 0.29) is 49.9 Å². The van der Waals surface area contributed by atoms with Gasteiger partial charge in [-0.3, -0.25) is 33.7 Å². The van der Waals surface area contributed by atoms with Gasteiger partial charge >= 0.3 is 6.18 Å². The van der Waals surface area contributed by atoms with Crippen molar-refractivity contribution in [3.05, 3.63) is 22.8 Å². The van der Waals surface area contributed by atoms with Gasteiger partial charge in [-0.25, -0.2) is 0 Å². The zero-order valence-electron chi connectivity index (χ0n) is 25.2. The van der Waals surface area contributed by atoms with E-state index in [2.05, 4.69) is 0 Å². The van der Waals surface area contributed by atoms with Gasteiger partial charge in [0.2, 0.25) is 5.91 Å². The van der Waals surface area contributed by atoms with Gasteiger partial charge < -0.3 is 25.7 Å². The highest BCUT2D eigenvalue weighted by Gasteiger charge is 2.69. The Labute approximate surface area is 256 Å². The Balaban J connectivity index is 1.57. The lowest BCUT2D eigenvalue weighted by Crippen LogP contribution is -2.74. The molecule has 1 heterocycles. The number of likely N-dealkylation sites (N-methyl/N-ethyl adjacent to an activating group) is 1. The maximum absolute atomic E-state index is 14.1. The molecule has 12 nitrogen and oxygen atoms in total. The van der Waals surface area contributed by atoms with Crippen LogP contribution in [0.1, 0.15) is 45.5 Å². The van der Waals surface area contributed by atoms with Crippen molar-refractivity contribution in [2.24, 2.45) is 35.3 Å². The first kappa shape index (κ1) is 32.5. The third kappa shape index (κ3) is 4.82. The fraction of sp³-hybridized carbons (Fsp3) is 0.600. The first-order valence-electron chi connectivity index (χ1n) is 14.6. The van der Waals surface area contributed by atoms with Gasteiger partial charge in [0, 0.05) is 38.8 Å². The number of phenols is 1. The average Bonchev–Trinajstić information content (AvgIpc) is 2.93. The molecule has 1 aliphatic heterocycles. The molecular formula is C30H35F3N4O8. The minimum Gasteiger partial charge on any atom is -0.506 e. The summed E-state index contributed by atoms with van der Waals surface area (Å²) in [6.07, 6.45) is -5.19. The summed E-state index contributed by atoms with van der Waals surface area (Å²) in [5.41, 5.74) is 2.40. The molecule has 45 heavy (non-hydrogen) atoms. The molecule has 244 valence electrons. The summed E-state index contributed by atoms with van der Waals surface area (Å²) >= 11 is 0. The molecule has 3 fully saturated rings. The van der Waals surface area contributed by atoms with Gasteiger partial charge in [-0.05, 0) is 57.3 Å². The summed E-state index contributed by atoms with van der Waals surface area (Å²) in [6, 6.07) is 0.115. The van der Waals surface area contributed by atoms with Crippen molar-refractivity contribution >= 4 is 40.6 Å². The number of carbonyl (C=O) groups excluding carboxylic acids is 6. The number of nitrogens with two attached hydrogens (primary N) is 1. The average molecular weight is 637 g/mol. The van der Waals surface area contributed by atoms with E-state index in [0.717, 1.165) is 0 Å². The maximum atomic E-state index is 14.1. The number of ketones is 4. The molecule has 4 N–H and O–H groups in total. The molecule has 2 unspecified atom stereocenters. The first-order valence-corrected chi connectivity index (χ1v) is 14.6. The second-order valence-electron chi connectivity index (χ2n) is 12.9. The number of halogens is 3. The van der Waals surface area contributed by atoms with E-state index in [1.165, 1.54) is 30.0 Å². The lowest BCUT2D eigenvalue weighted by molar-refractivity contribution is -0.184. The van der Waals surface area contributed by atoms with Crippen LogP contribution in [0.2, 0.25) is 0 Å². The summed E-state index contributed by atoms with van der Waals surface area (Å²) in [5, 5.41) is 23.1. The number of primary amides is 1. The van der Waals surface area contributed by atoms with Gasteiger partial charge in [0.25, 0.3) is 5.91 Å². The predicted molar refractivity (Wildman–Crippen MR) is 150 cm³/mol. The summed E-state index contributed by atoms with van der Waals surface area (Å²) in [4.78, 5) is 84.7. The summed E-state index contributed by atoms with van der Waals surface area (Å²) < 4.78 is 39.6. The quantitative estimate of drug-likeness (QED) is 0.391. The lowest BCUT2D eigenvalue weighted by Gasteiger charge is -2.52. The molecule has 1 aromatic rings. The second-order valence-corrected chi connectivity index (χ2v) is 12.9. The molecule has 15 heteroatoms. The Bertz CT molecular complexity index is 1520. The van der Waals surface area contributed by atoms with Crippen LogP contribution in [0.4, 0.5) is 18.9 Å². The van der Waals surface area contributed by atoms with Crippen molar-refractivity contribution in [2.45, 2.75) is 43.5 Å². The number of aliphatic hydroxyl groups is 1. The van der Waals surface area contributed by atoms with Gasteiger partial charge in [-0.1, -0.05) is 0 Å². The zero-order chi connectivity index (χ0) is 33.5. The molecule has 0 aromatic heterocycles. The van der Waals surface area contributed by atoms with Gasteiger partial charge in [0.1, 0.15) is 5.75 Å². The van der Waals surface area contributed by atoms with Crippen LogP contribution in [-0.2, 0) is 25.6 Å². The number of fused-ring (bicyclic) bond motifs is 3. The normalized spacial score (nSPS) is 30.6. The van der Waals surface area contributed by atoms with Crippen LogP contribution >= 0.6 is 0 Å². The molecule has 4 aliphatic rings. The zero-order valence-corrected chi connectivity index (χ0v) is 25.2. The number of benzene rings is 1. The number of phenolic OH excluding ortho intramolecular Hbond substituents is 1. The van der Waals surface area contributed by atoms with Gasteiger partial charge in [-0.2, -0.15) is 13.2 Å². The number of anilines is 1. The van der Waals surface area contributed by atoms with Crippen molar-refractivity contribution in [1.29, 1.82) is 0 Å². The molecule has 6 atom stereocenters. The van der Waals surface area contributed by atoms with E-state index in [1.807, 2.05) is 0 Å². The highest BCUT2D eigenvalue weighted by atomic mass is 19.4.